The van der Waals surface area contributed by atoms with Gasteiger partial charge in [-0.25, -0.2) is 0 Å². The molecule has 3 atom stereocenters. The van der Waals surface area contributed by atoms with Crippen LogP contribution in [0.3, 0.4) is 0 Å². The van der Waals surface area contributed by atoms with Crippen LogP contribution in [0.2, 0.25) is 0 Å². The molecule has 0 spiro atoms. The number of phosphoric acid groups is 1. The molecule has 1 amide bonds. The van der Waals surface area contributed by atoms with E-state index in [9.17, 15) is 19.0 Å². The molecular weight excluding hydrogens is 952 g/mol. The van der Waals surface area contributed by atoms with Crippen molar-refractivity contribution in [1.29, 1.82) is 0 Å². The number of esters is 1. The summed E-state index contributed by atoms with van der Waals surface area (Å²) in [6.07, 6.45) is 74.5. The Kier molecular flexibility index (Phi) is 51.2. The highest BCUT2D eigenvalue weighted by molar-refractivity contribution is 7.45. The van der Waals surface area contributed by atoms with Gasteiger partial charge in [0.1, 0.15) is 19.3 Å². The Balaban J connectivity index is 5.40. The van der Waals surface area contributed by atoms with Crippen LogP contribution in [0, 0.1) is 0 Å². The molecule has 0 heterocycles. The van der Waals surface area contributed by atoms with Gasteiger partial charge in [0.2, 0.25) is 5.91 Å². The molecular formula is C65H111N2O7P. The number of hydrogen-bond acceptors (Lipinski definition) is 7. The van der Waals surface area contributed by atoms with Gasteiger partial charge in [-0.15, -0.1) is 0 Å². The van der Waals surface area contributed by atoms with Crippen molar-refractivity contribution in [2.24, 2.45) is 0 Å². The fourth-order valence-corrected chi connectivity index (χ4v) is 8.49. The number of hydrogen-bond donors (Lipinski definition) is 1. The van der Waals surface area contributed by atoms with Gasteiger partial charge in [0.15, 0.2) is 0 Å². The van der Waals surface area contributed by atoms with Crippen LogP contribution >= 0.6 is 7.82 Å². The highest BCUT2D eigenvalue weighted by Crippen LogP contribution is 2.38. The molecule has 1 N–H and O–H groups in total. The number of unbranched alkanes of at least 4 members (excludes halogenated alkanes) is 18. The zero-order valence-electron chi connectivity index (χ0n) is 48.7. The lowest BCUT2D eigenvalue weighted by Crippen LogP contribution is -2.47. The number of carbonyl (C=O) groups excluding carboxylic acids is 2. The van der Waals surface area contributed by atoms with E-state index in [1.165, 1.54) is 70.6 Å². The normalized spacial score (nSPS) is 14.6. The molecule has 428 valence electrons. The Hall–Kier alpha value is -3.59. The summed E-state index contributed by atoms with van der Waals surface area (Å²) in [5.74, 6) is -0.628. The number of allylic oxidation sites excluding steroid dienone is 19. The minimum Gasteiger partial charge on any atom is -0.756 e. The van der Waals surface area contributed by atoms with Gasteiger partial charge < -0.3 is 28.5 Å². The maximum atomic E-state index is 13.5. The largest absolute Gasteiger partial charge is 0.756 e. The predicted molar refractivity (Wildman–Crippen MR) is 320 cm³/mol. The number of phosphoric ester groups is 1. The number of rotatable bonds is 52. The third kappa shape index (κ3) is 55.0. The van der Waals surface area contributed by atoms with Gasteiger partial charge in [-0.2, -0.15) is 0 Å². The second-order valence-electron chi connectivity index (χ2n) is 20.8. The number of nitrogens with zero attached hydrogens (tertiary/aromatic N) is 1. The van der Waals surface area contributed by atoms with Gasteiger partial charge in [-0.1, -0.05) is 213 Å². The average Bonchev–Trinajstić information content (AvgIpc) is 3.37. The van der Waals surface area contributed by atoms with Crippen LogP contribution in [-0.4, -0.2) is 69.4 Å². The van der Waals surface area contributed by atoms with Crippen molar-refractivity contribution in [3.8, 4) is 0 Å². The minimum atomic E-state index is -4.72. The summed E-state index contributed by atoms with van der Waals surface area (Å²) in [7, 11) is 1.12. The highest BCUT2D eigenvalue weighted by Gasteiger charge is 2.27. The lowest BCUT2D eigenvalue weighted by molar-refractivity contribution is -0.870. The molecule has 3 unspecified atom stereocenters. The summed E-state index contributed by atoms with van der Waals surface area (Å²) in [5, 5.41) is 2.99. The molecule has 0 saturated heterocycles. The van der Waals surface area contributed by atoms with Crippen molar-refractivity contribution in [3.05, 3.63) is 122 Å². The molecule has 0 aliphatic rings. The maximum absolute atomic E-state index is 13.5. The van der Waals surface area contributed by atoms with Crippen molar-refractivity contribution in [1.82, 2.24) is 5.32 Å². The SMILES string of the molecule is CC/C=C\C/C=C\C/C=C\C/C=C\C/C=C\C/C=C\CCCCC(=O)NC(COP(=O)([O-])OCC[N+](C)(C)C)C(/C=C\CCCCCCCCCCC)OC(=O)CCCCCC/C=C\C/C=C\C/C=C\CCCCC. The van der Waals surface area contributed by atoms with Crippen molar-refractivity contribution in [2.75, 3.05) is 40.9 Å². The first-order valence-electron chi connectivity index (χ1n) is 29.8. The van der Waals surface area contributed by atoms with E-state index < -0.39 is 26.6 Å². The number of amides is 1. The molecule has 75 heavy (non-hydrogen) atoms. The molecule has 0 aliphatic heterocycles. The smallest absolute Gasteiger partial charge is 0.306 e. The third-order valence-electron chi connectivity index (χ3n) is 12.4. The summed E-state index contributed by atoms with van der Waals surface area (Å²) in [6, 6.07) is -0.929. The first-order valence-corrected chi connectivity index (χ1v) is 31.3. The van der Waals surface area contributed by atoms with Crippen molar-refractivity contribution in [2.45, 2.75) is 238 Å². The molecule has 0 bridgehead atoms. The quantitative estimate of drug-likeness (QED) is 0.0212. The molecule has 0 rings (SSSR count). The Labute approximate surface area is 461 Å². The monoisotopic (exact) mass is 1060 g/mol. The van der Waals surface area contributed by atoms with E-state index >= 15 is 0 Å². The van der Waals surface area contributed by atoms with E-state index in [0.29, 0.717) is 23.9 Å². The van der Waals surface area contributed by atoms with Gasteiger partial charge >= 0.3 is 5.97 Å². The molecule has 0 aromatic heterocycles. The van der Waals surface area contributed by atoms with E-state index in [0.717, 1.165) is 109 Å². The Morgan fingerprint density at radius 2 is 0.853 bits per heavy atom. The van der Waals surface area contributed by atoms with Crippen molar-refractivity contribution < 1.29 is 37.3 Å². The lowest BCUT2D eigenvalue weighted by Gasteiger charge is -2.30. The number of nitrogens with one attached hydrogen (secondary N) is 1. The molecule has 0 aromatic carbocycles. The second kappa shape index (κ2) is 53.8. The fourth-order valence-electron chi connectivity index (χ4n) is 7.76. The number of carbonyl (C=O) groups is 2. The first kappa shape index (κ1) is 71.4. The minimum absolute atomic E-state index is 0.0415. The number of ether oxygens (including phenoxy) is 1. The van der Waals surface area contributed by atoms with E-state index in [1.807, 2.05) is 27.2 Å². The third-order valence-corrected chi connectivity index (χ3v) is 13.3. The van der Waals surface area contributed by atoms with Gasteiger partial charge in [-0.05, 0) is 122 Å². The van der Waals surface area contributed by atoms with Crippen molar-refractivity contribution >= 4 is 19.7 Å². The van der Waals surface area contributed by atoms with E-state index in [2.05, 4.69) is 135 Å². The Morgan fingerprint density at radius 1 is 0.480 bits per heavy atom. The van der Waals surface area contributed by atoms with E-state index in [-0.39, 0.29) is 31.3 Å². The summed E-state index contributed by atoms with van der Waals surface area (Å²) >= 11 is 0. The van der Waals surface area contributed by atoms with Gasteiger partial charge in [0.25, 0.3) is 7.82 Å². The summed E-state index contributed by atoms with van der Waals surface area (Å²) in [6.45, 7) is 6.62. The van der Waals surface area contributed by atoms with Crippen LogP contribution in [0.15, 0.2) is 122 Å². The highest BCUT2D eigenvalue weighted by atomic mass is 31.2. The Morgan fingerprint density at radius 3 is 1.32 bits per heavy atom. The van der Waals surface area contributed by atoms with Gasteiger partial charge in [0.05, 0.1) is 33.8 Å². The van der Waals surface area contributed by atoms with Crippen molar-refractivity contribution in [3.63, 3.8) is 0 Å². The molecule has 9 nitrogen and oxygen atoms in total. The Bertz CT molecular complexity index is 1700. The molecule has 0 aliphatic carbocycles. The number of likely N-dealkylation sites (N-methyl/N-ethyl adjacent to an activating group) is 1. The standard InChI is InChI=1S/C65H111N2O7P/c1-7-10-13-16-19-22-25-27-29-31-32-33-34-36-37-39-42-45-48-51-54-57-64(68)66-62(61-73-75(70,71)72-60-59-67(4,5)6)63(56-53-50-47-44-41-24-21-18-15-12-9-3)74-65(69)58-55-52-49-46-43-40-38-35-30-28-26-23-20-17-14-11-8-2/h10,13,19-20,22-23,27-30,32-33,36-38,40,42,45,53,56,62-63H,7-9,11-12,14-18,21,24-26,31,34-35,39,41,43-44,46-52,54-55,57-61H2,1-6H3,(H-,66,68,70,71)/b13-10-,22-19-,23-20-,29-27-,30-28-,33-32-,37-36-,40-38-,45-42-,56-53-. The van der Waals surface area contributed by atoms with Crippen LogP contribution in [-0.2, 0) is 27.9 Å². The second-order valence-corrected chi connectivity index (χ2v) is 22.2. The average molecular weight is 1060 g/mol. The molecule has 10 heteroatoms. The van der Waals surface area contributed by atoms with Crippen LogP contribution < -0.4 is 10.2 Å². The van der Waals surface area contributed by atoms with Crippen LogP contribution in [0.4, 0.5) is 0 Å². The van der Waals surface area contributed by atoms with Gasteiger partial charge in [0, 0.05) is 12.8 Å². The zero-order valence-corrected chi connectivity index (χ0v) is 49.6. The first-order chi connectivity index (χ1) is 36.4. The summed E-state index contributed by atoms with van der Waals surface area (Å²) in [5.41, 5.74) is 0. The van der Waals surface area contributed by atoms with E-state index in [4.69, 9.17) is 13.8 Å². The summed E-state index contributed by atoms with van der Waals surface area (Å²) in [4.78, 5) is 39.9. The fraction of sp³-hybridized carbons (Fsp3) is 0.662. The van der Waals surface area contributed by atoms with Crippen LogP contribution in [0.25, 0.3) is 0 Å². The predicted octanol–water partition coefficient (Wildman–Crippen LogP) is 17.7. The maximum Gasteiger partial charge on any atom is 0.306 e. The summed E-state index contributed by atoms with van der Waals surface area (Å²) < 4.78 is 30.2. The van der Waals surface area contributed by atoms with Crippen LogP contribution in [0.1, 0.15) is 226 Å². The molecule has 0 saturated carbocycles. The molecule has 0 aromatic rings. The van der Waals surface area contributed by atoms with E-state index in [1.54, 1.807) is 6.08 Å². The zero-order chi connectivity index (χ0) is 55.0. The van der Waals surface area contributed by atoms with Gasteiger partial charge in [-0.3, -0.25) is 14.2 Å². The lowest BCUT2D eigenvalue weighted by atomic mass is 10.1. The van der Waals surface area contributed by atoms with Crippen LogP contribution in [0.5, 0.6) is 0 Å². The molecule has 0 radical (unpaired) electrons. The topological polar surface area (TPSA) is 114 Å². The molecule has 0 fully saturated rings. The number of quaternary nitrogens is 1.